The van der Waals surface area contributed by atoms with E-state index < -0.39 is 0 Å². The molecule has 0 amide bonds. The van der Waals surface area contributed by atoms with Crippen molar-refractivity contribution in [3.8, 4) is 0 Å². The Morgan fingerprint density at radius 3 is 3.00 bits per heavy atom. The van der Waals surface area contributed by atoms with Gasteiger partial charge < -0.3 is 4.42 Å². The van der Waals surface area contributed by atoms with Gasteiger partial charge in [0.25, 0.3) is 0 Å². The fraction of sp³-hybridized carbons (Fsp3) is 0. The Morgan fingerprint density at radius 1 is 1.27 bits per heavy atom. The predicted molar refractivity (Wildman–Crippen MR) is 64.2 cm³/mol. The Hall–Kier alpha value is -1.06. The number of pyridine rings is 1. The van der Waals surface area contributed by atoms with Crippen LogP contribution < -0.4 is 0 Å². The molecular formula is C11H5BrClNO. The van der Waals surface area contributed by atoms with Gasteiger partial charge in [0.2, 0.25) is 0 Å². The summed E-state index contributed by atoms with van der Waals surface area (Å²) in [6.07, 6.45) is 1.75. The SMILES string of the molecule is Clc1cc(Br)c2c(c1)oc1cccnc12. The zero-order chi connectivity index (χ0) is 10.4. The van der Waals surface area contributed by atoms with Crippen LogP contribution in [0.2, 0.25) is 5.02 Å². The lowest BCUT2D eigenvalue weighted by Gasteiger charge is -1.94. The molecule has 74 valence electrons. The third-order valence-corrected chi connectivity index (χ3v) is 3.09. The van der Waals surface area contributed by atoms with Crippen molar-refractivity contribution in [2.45, 2.75) is 0 Å². The number of nitrogens with zero attached hydrogens (tertiary/aromatic N) is 1. The molecule has 0 radical (unpaired) electrons. The van der Waals surface area contributed by atoms with Crippen molar-refractivity contribution in [1.82, 2.24) is 4.98 Å². The number of fused-ring (bicyclic) bond motifs is 3. The summed E-state index contributed by atoms with van der Waals surface area (Å²) in [5.41, 5.74) is 2.38. The summed E-state index contributed by atoms with van der Waals surface area (Å²) in [6.45, 7) is 0. The smallest absolute Gasteiger partial charge is 0.153 e. The molecule has 2 heterocycles. The van der Waals surface area contributed by atoms with Crippen LogP contribution in [-0.2, 0) is 0 Å². The molecule has 3 aromatic rings. The Labute approximate surface area is 99.0 Å². The topological polar surface area (TPSA) is 26.0 Å². The molecule has 0 N–H and O–H groups in total. The molecule has 4 heteroatoms. The fourth-order valence-corrected chi connectivity index (χ4v) is 2.61. The molecule has 0 saturated heterocycles. The summed E-state index contributed by atoms with van der Waals surface area (Å²) in [6, 6.07) is 7.37. The number of hydrogen-bond donors (Lipinski definition) is 0. The summed E-state index contributed by atoms with van der Waals surface area (Å²) < 4.78 is 6.54. The van der Waals surface area contributed by atoms with E-state index in [1.165, 1.54) is 0 Å². The Bertz CT molecular complexity index is 662. The first-order valence-electron chi connectivity index (χ1n) is 4.38. The van der Waals surface area contributed by atoms with Crippen molar-refractivity contribution in [3.63, 3.8) is 0 Å². The van der Waals surface area contributed by atoms with Gasteiger partial charge in [-0.3, -0.25) is 4.98 Å². The normalized spacial score (nSPS) is 11.3. The second-order valence-corrected chi connectivity index (χ2v) is 4.50. The molecule has 0 atom stereocenters. The van der Waals surface area contributed by atoms with Crippen molar-refractivity contribution < 1.29 is 4.42 Å². The van der Waals surface area contributed by atoms with Crippen LogP contribution in [0.5, 0.6) is 0 Å². The van der Waals surface area contributed by atoms with E-state index in [9.17, 15) is 0 Å². The highest BCUT2D eigenvalue weighted by Crippen LogP contribution is 2.34. The zero-order valence-corrected chi connectivity index (χ0v) is 9.84. The van der Waals surface area contributed by atoms with Gasteiger partial charge in [-0.05, 0) is 34.1 Å². The molecule has 2 nitrogen and oxygen atoms in total. The number of furan rings is 1. The van der Waals surface area contributed by atoms with Gasteiger partial charge in [-0.2, -0.15) is 0 Å². The minimum absolute atomic E-state index is 0.647. The van der Waals surface area contributed by atoms with E-state index in [-0.39, 0.29) is 0 Å². The van der Waals surface area contributed by atoms with Crippen molar-refractivity contribution in [2.24, 2.45) is 0 Å². The van der Waals surface area contributed by atoms with Crippen LogP contribution in [0.25, 0.3) is 22.1 Å². The number of halogens is 2. The van der Waals surface area contributed by atoms with Crippen LogP contribution in [-0.4, -0.2) is 4.98 Å². The number of rotatable bonds is 0. The van der Waals surface area contributed by atoms with E-state index in [0.717, 1.165) is 26.5 Å². The maximum Gasteiger partial charge on any atom is 0.153 e. The summed E-state index contributed by atoms with van der Waals surface area (Å²) in [5, 5.41) is 1.61. The summed E-state index contributed by atoms with van der Waals surface area (Å²) >= 11 is 9.40. The zero-order valence-electron chi connectivity index (χ0n) is 7.50. The Morgan fingerprint density at radius 2 is 2.13 bits per heavy atom. The van der Waals surface area contributed by atoms with Gasteiger partial charge in [0, 0.05) is 21.8 Å². The summed E-state index contributed by atoms with van der Waals surface area (Å²) in [4.78, 5) is 4.29. The van der Waals surface area contributed by atoms with Crippen molar-refractivity contribution in [3.05, 3.63) is 40.0 Å². The van der Waals surface area contributed by atoms with Crippen molar-refractivity contribution >= 4 is 49.6 Å². The lowest BCUT2D eigenvalue weighted by Crippen LogP contribution is -1.73. The highest BCUT2D eigenvalue weighted by atomic mass is 79.9. The van der Waals surface area contributed by atoms with Gasteiger partial charge in [0.05, 0.1) is 5.39 Å². The third-order valence-electron chi connectivity index (χ3n) is 2.25. The average molecular weight is 283 g/mol. The second kappa shape index (κ2) is 3.22. The van der Waals surface area contributed by atoms with Crippen molar-refractivity contribution in [2.75, 3.05) is 0 Å². The summed E-state index contributed by atoms with van der Waals surface area (Å²) in [5.74, 6) is 0. The van der Waals surface area contributed by atoms with Gasteiger partial charge in [0.15, 0.2) is 5.58 Å². The largest absolute Gasteiger partial charge is 0.454 e. The quantitative estimate of drug-likeness (QED) is 0.611. The lowest BCUT2D eigenvalue weighted by atomic mass is 10.2. The van der Waals surface area contributed by atoms with Gasteiger partial charge in [-0.15, -0.1) is 0 Å². The molecule has 0 aliphatic carbocycles. The number of hydrogen-bond acceptors (Lipinski definition) is 2. The van der Waals surface area contributed by atoms with E-state index in [0.29, 0.717) is 5.02 Å². The first-order valence-corrected chi connectivity index (χ1v) is 5.55. The van der Waals surface area contributed by atoms with Crippen LogP contribution in [0.1, 0.15) is 0 Å². The molecular weight excluding hydrogens is 277 g/mol. The molecule has 0 saturated carbocycles. The lowest BCUT2D eigenvalue weighted by molar-refractivity contribution is 0.668. The molecule has 0 aliphatic rings. The van der Waals surface area contributed by atoms with E-state index >= 15 is 0 Å². The van der Waals surface area contributed by atoms with Crippen LogP contribution in [0.4, 0.5) is 0 Å². The molecule has 3 rings (SSSR count). The minimum Gasteiger partial charge on any atom is -0.454 e. The molecule has 15 heavy (non-hydrogen) atoms. The summed E-state index contributed by atoms with van der Waals surface area (Å²) in [7, 11) is 0. The van der Waals surface area contributed by atoms with E-state index in [1.54, 1.807) is 12.3 Å². The number of aromatic nitrogens is 1. The Kier molecular flexibility index (Phi) is 1.97. The first kappa shape index (κ1) is 9.19. The molecule has 1 aromatic carbocycles. The van der Waals surface area contributed by atoms with Crippen LogP contribution in [0.15, 0.2) is 39.4 Å². The maximum atomic E-state index is 5.94. The minimum atomic E-state index is 0.647. The third kappa shape index (κ3) is 1.34. The van der Waals surface area contributed by atoms with Gasteiger partial charge in [0.1, 0.15) is 11.1 Å². The first-order chi connectivity index (χ1) is 7.25. The molecule has 0 bridgehead atoms. The van der Waals surface area contributed by atoms with Gasteiger partial charge in [-0.1, -0.05) is 11.6 Å². The van der Waals surface area contributed by atoms with Crippen molar-refractivity contribution in [1.29, 1.82) is 0 Å². The highest BCUT2D eigenvalue weighted by Gasteiger charge is 2.11. The molecule has 0 aliphatic heterocycles. The average Bonchev–Trinajstić information content (AvgIpc) is 2.54. The van der Waals surface area contributed by atoms with Gasteiger partial charge >= 0.3 is 0 Å². The highest BCUT2D eigenvalue weighted by molar-refractivity contribution is 9.10. The van der Waals surface area contributed by atoms with Crippen LogP contribution >= 0.6 is 27.5 Å². The monoisotopic (exact) mass is 281 g/mol. The fourth-order valence-electron chi connectivity index (χ4n) is 1.64. The maximum absolute atomic E-state index is 5.94. The van der Waals surface area contributed by atoms with Gasteiger partial charge in [-0.25, -0.2) is 0 Å². The second-order valence-electron chi connectivity index (χ2n) is 3.21. The predicted octanol–water partition coefficient (Wildman–Crippen LogP) is 4.40. The Balaban J connectivity index is 2.61. The standard InChI is InChI=1S/C11H5BrClNO/c12-7-4-6(13)5-9-10(7)11-8(15-9)2-1-3-14-11/h1-5H. The molecule has 2 aromatic heterocycles. The molecule has 0 unspecified atom stereocenters. The van der Waals surface area contributed by atoms with Crippen LogP contribution in [0.3, 0.4) is 0 Å². The van der Waals surface area contributed by atoms with E-state index in [1.807, 2.05) is 18.2 Å². The van der Waals surface area contributed by atoms with Crippen LogP contribution in [0, 0.1) is 0 Å². The van der Waals surface area contributed by atoms with E-state index in [4.69, 9.17) is 16.0 Å². The van der Waals surface area contributed by atoms with E-state index in [2.05, 4.69) is 20.9 Å². The molecule has 0 fully saturated rings. The molecule has 0 spiro atoms. The number of benzene rings is 1.